The van der Waals surface area contributed by atoms with Crippen molar-refractivity contribution in [1.29, 1.82) is 0 Å². The summed E-state index contributed by atoms with van der Waals surface area (Å²) < 4.78 is 51.0. The molecule has 2 atom stereocenters. The summed E-state index contributed by atoms with van der Waals surface area (Å²) >= 11 is -1.53. The van der Waals surface area contributed by atoms with Gasteiger partial charge in [-0.15, -0.1) is 0 Å². The number of aromatic nitrogens is 4. The van der Waals surface area contributed by atoms with Gasteiger partial charge in [-0.1, -0.05) is 12.1 Å². The van der Waals surface area contributed by atoms with Crippen molar-refractivity contribution in [3.8, 4) is 5.75 Å². The first-order valence-electron chi connectivity index (χ1n) is 15.9. The molecule has 5 rings (SSSR count). The Hall–Kier alpha value is -3.60. The number of carbonyl (C=O) groups is 2. The van der Waals surface area contributed by atoms with Crippen molar-refractivity contribution in [3.05, 3.63) is 41.9 Å². The van der Waals surface area contributed by atoms with Crippen LogP contribution < -0.4 is 15.4 Å². The Bertz CT molecular complexity index is 1510. The molecular weight excluding hydrogens is 634 g/mol. The summed E-state index contributed by atoms with van der Waals surface area (Å²) in [6, 6.07) is 6.43. The topological polar surface area (TPSA) is 144 Å². The first-order valence-corrected chi connectivity index (χ1v) is 17.0. The Kier molecular flexibility index (Phi) is 12.2. The second-order valence-electron chi connectivity index (χ2n) is 11.9. The van der Waals surface area contributed by atoms with E-state index in [1.165, 1.54) is 18.0 Å². The highest BCUT2D eigenvalue weighted by Gasteiger charge is 2.26. The van der Waals surface area contributed by atoms with Gasteiger partial charge in [0.25, 0.3) is 0 Å². The average molecular weight is 677 g/mol. The van der Waals surface area contributed by atoms with E-state index in [4.69, 9.17) is 4.18 Å². The Morgan fingerprint density at radius 2 is 1.85 bits per heavy atom. The van der Waals surface area contributed by atoms with Gasteiger partial charge in [0.1, 0.15) is 6.29 Å². The smallest absolute Gasteiger partial charge is 0.387 e. The molecule has 0 spiro atoms. The summed E-state index contributed by atoms with van der Waals surface area (Å²) in [7, 11) is 3.47. The largest absolute Gasteiger partial charge is 0.432 e. The van der Waals surface area contributed by atoms with E-state index in [1.54, 1.807) is 7.05 Å². The molecule has 0 aliphatic carbocycles. The predicted octanol–water partition coefficient (Wildman–Crippen LogP) is 3.12. The number of hydrogen-bond acceptors (Lipinski definition) is 10. The lowest BCUT2D eigenvalue weighted by Crippen LogP contribution is -2.41. The van der Waals surface area contributed by atoms with E-state index in [1.807, 2.05) is 16.0 Å². The van der Waals surface area contributed by atoms with Crippen molar-refractivity contribution in [2.45, 2.75) is 63.0 Å². The number of piperidine rings is 2. The number of alkyl halides is 2. The molecule has 13 nitrogen and oxygen atoms in total. The van der Waals surface area contributed by atoms with Crippen LogP contribution in [0, 0.1) is 0 Å². The molecule has 256 valence electrons. The van der Waals surface area contributed by atoms with E-state index in [-0.39, 0.29) is 24.1 Å². The molecule has 2 aliphatic rings. The van der Waals surface area contributed by atoms with Crippen molar-refractivity contribution in [1.82, 2.24) is 34.3 Å². The van der Waals surface area contributed by atoms with Gasteiger partial charge in [-0.05, 0) is 62.7 Å². The Morgan fingerprint density at radius 1 is 1.13 bits per heavy atom. The quantitative estimate of drug-likeness (QED) is 0.231. The zero-order valence-corrected chi connectivity index (χ0v) is 27.5. The van der Waals surface area contributed by atoms with Crippen LogP contribution in [-0.4, -0.2) is 104 Å². The van der Waals surface area contributed by atoms with Gasteiger partial charge in [-0.25, -0.2) is 18.5 Å². The number of benzene rings is 1. The molecule has 47 heavy (non-hydrogen) atoms. The second-order valence-corrected chi connectivity index (χ2v) is 13.0. The fourth-order valence-electron chi connectivity index (χ4n) is 6.20. The Morgan fingerprint density at radius 3 is 2.51 bits per heavy atom. The lowest BCUT2D eigenvalue weighted by atomic mass is 9.88. The SMILES string of the molecule is CNC(=O)CCC(C=O)c1nn(C)c2cc(C3CCN(CCOS(=O)N4CCC(Nc5ncc(OC(F)F)cn5)CC4)CC3)ccc12. The summed E-state index contributed by atoms with van der Waals surface area (Å²) in [5.74, 6) is 0.106. The summed E-state index contributed by atoms with van der Waals surface area (Å²) in [6.07, 6.45) is 7.38. The van der Waals surface area contributed by atoms with Crippen molar-refractivity contribution < 1.29 is 31.5 Å². The molecule has 2 unspecified atom stereocenters. The number of nitrogens with zero attached hydrogens (tertiary/aromatic N) is 6. The maximum Gasteiger partial charge on any atom is 0.387 e. The van der Waals surface area contributed by atoms with Gasteiger partial charge >= 0.3 is 6.61 Å². The van der Waals surface area contributed by atoms with Crippen LogP contribution in [0.1, 0.15) is 61.6 Å². The summed E-state index contributed by atoms with van der Waals surface area (Å²) in [5, 5.41) is 11.4. The predicted molar refractivity (Wildman–Crippen MR) is 172 cm³/mol. The molecule has 3 aromatic rings. The number of fused-ring (bicyclic) bond motifs is 1. The number of aldehydes is 1. The number of carbonyl (C=O) groups excluding carboxylic acids is 2. The number of ether oxygens (including phenoxy) is 1. The zero-order valence-electron chi connectivity index (χ0n) is 26.6. The van der Waals surface area contributed by atoms with Crippen LogP contribution in [0.4, 0.5) is 14.7 Å². The van der Waals surface area contributed by atoms with Crippen LogP contribution in [0.15, 0.2) is 30.6 Å². The highest BCUT2D eigenvalue weighted by molar-refractivity contribution is 7.77. The molecule has 0 saturated carbocycles. The summed E-state index contributed by atoms with van der Waals surface area (Å²) in [5.41, 5.74) is 2.94. The van der Waals surface area contributed by atoms with Gasteiger partial charge in [-0.2, -0.15) is 13.9 Å². The summed E-state index contributed by atoms with van der Waals surface area (Å²) in [4.78, 5) is 33.9. The fraction of sp³-hybridized carbons (Fsp3) is 0.581. The highest BCUT2D eigenvalue weighted by Crippen LogP contribution is 2.33. The molecule has 2 fully saturated rings. The number of anilines is 1. The van der Waals surface area contributed by atoms with E-state index in [0.29, 0.717) is 63.1 Å². The molecule has 2 N–H and O–H groups in total. The van der Waals surface area contributed by atoms with Crippen LogP contribution in [0.2, 0.25) is 0 Å². The van der Waals surface area contributed by atoms with E-state index in [0.717, 1.165) is 43.1 Å². The number of aryl methyl sites for hydroxylation is 1. The molecule has 16 heteroatoms. The maximum atomic E-state index is 12.8. The van der Waals surface area contributed by atoms with Gasteiger partial charge < -0.3 is 25.1 Å². The number of likely N-dealkylation sites (tertiary alicyclic amines) is 1. The third-order valence-corrected chi connectivity index (χ3v) is 10.0. The lowest BCUT2D eigenvalue weighted by Gasteiger charge is -2.33. The molecule has 1 aromatic carbocycles. The van der Waals surface area contributed by atoms with Gasteiger partial charge in [0.15, 0.2) is 5.75 Å². The van der Waals surface area contributed by atoms with Crippen molar-refractivity contribution >= 4 is 40.3 Å². The lowest BCUT2D eigenvalue weighted by molar-refractivity contribution is -0.120. The molecule has 2 aliphatic heterocycles. The standard InChI is InChI=1S/C31H42F2N8O5S/c1-34-28(43)6-4-23(20-42)29-26-5-3-22(17-27(26)39(2)38-29)21-7-11-40(12-8-21)15-16-45-47(44)41-13-9-24(10-14-41)37-31-35-18-25(19-36-31)46-30(32)33/h3,5,17-21,23-24,30H,4,6-16H2,1-2H3,(H,34,43)(H,35,36,37). The minimum absolute atomic E-state index is 0.0700. The van der Waals surface area contributed by atoms with Gasteiger partial charge in [-0.3, -0.25) is 13.7 Å². The molecule has 0 bridgehead atoms. The molecule has 4 heterocycles. The number of hydrogen-bond donors (Lipinski definition) is 2. The molecule has 0 radical (unpaired) electrons. The Balaban J connectivity index is 1.02. The van der Waals surface area contributed by atoms with E-state index >= 15 is 0 Å². The van der Waals surface area contributed by atoms with Gasteiger partial charge in [0.2, 0.25) is 23.1 Å². The van der Waals surface area contributed by atoms with Crippen molar-refractivity contribution in [2.75, 3.05) is 51.7 Å². The first-order chi connectivity index (χ1) is 22.7. The maximum absolute atomic E-state index is 12.8. The Labute approximate surface area is 275 Å². The third kappa shape index (κ3) is 9.27. The number of halogens is 2. The normalized spacial score (nSPS) is 18.3. The zero-order chi connectivity index (χ0) is 33.3. The second kappa shape index (κ2) is 16.5. The van der Waals surface area contributed by atoms with E-state index < -0.39 is 23.8 Å². The van der Waals surface area contributed by atoms with Crippen LogP contribution in [-0.2, 0) is 32.1 Å². The molecular formula is C31H42F2N8O5S. The molecule has 2 aromatic heterocycles. The monoisotopic (exact) mass is 676 g/mol. The molecule has 1 amide bonds. The van der Waals surface area contributed by atoms with Gasteiger partial charge in [0.05, 0.1) is 36.1 Å². The van der Waals surface area contributed by atoms with Crippen molar-refractivity contribution in [2.24, 2.45) is 7.05 Å². The molecule has 2 saturated heterocycles. The van der Waals surface area contributed by atoms with E-state index in [9.17, 15) is 22.6 Å². The number of rotatable bonds is 15. The summed E-state index contributed by atoms with van der Waals surface area (Å²) in [6.45, 7) is 1.14. The van der Waals surface area contributed by atoms with Crippen LogP contribution >= 0.6 is 0 Å². The van der Waals surface area contributed by atoms with Gasteiger partial charge in [0, 0.05) is 51.6 Å². The average Bonchev–Trinajstić information content (AvgIpc) is 3.41. The number of amides is 1. The minimum atomic E-state index is -2.92. The van der Waals surface area contributed by atoms with Crippen LogP contribution in [0.3, 0.4) is 0 Å². The fourth-order valence-corrected chi connectivity index (χ4v) is 7.07. The van der Waals surface area contributed by atoms with Crippen LogP contribution in [0.25, 0.3) is 10.9 Å². The highest BCUT2D eigenvalue weighted by atomic mass is 32.2. The first kappa shape index (κ1) is 34.7. The van der Waals surface area contributed by atoms with Crippen LogP contribution in [0.5, 0.6) is 5.75 Å². The minimum Gasteiger partial charge on any atom is -0.432 e. The third-order valence-electron chi connectivity index (χ3n) is 8.88. The van der Waals surface area contributed by atoms with Crippen molar-refractivity contribution in [3.63, 3.8) is 0 Å². The van der Waals surface area contributed by atoms with E-state index in [2.05, 4.69) is 53.5 Å². The number of nitrogens with one attached hydrogen (secondary N) is 2.